The van der Waals surface area contributed by atoms with Gasteiger partial charge in [-0.3, -0.25) is 28.0 Å². The fourth-order valence-corrected chi connectivity index (χ4v) is 10.1. The van der Waals surface area contributed by atoms with Gasteiger partial charge in [0.15, 0.2) is 35.0 Å². The quantitative estimate of drug-likeness (QED) is 0.117. The smallest absolute Gasteiger partial charge is 0.382 e. The Morgan fingerprint density at radius 2 is 1.82 bits per heavy atom. The van der Waals surface area contributed by atoms with E-state index in [1.807, 2.05) is 0 Å². The van der Waals surface area contributed by atoms with Crippen molar-refractivity contribution in [3.8, 4) is 0 Å². The minimum atomic E-state index is -4.60. The van der Waals surface area contributed by atoms with Crippen LogP contribution in [0.15, 0.2) is 23.8 Å². The van der Waals surface area contributed by atoms with Crippen LogP contribution in [0.4, 0.5) is 16.2 Å². The largest absolute Gasteiger partial charge is 0.386 e. The van der Waals surface area contributed by atoms with Gasteiger partial charge in [0.2, 0.25) is 17.8 Å². The predicted octanol–water partition coefficient (Wildman–Crippen LogP) is -0.0392. The summed E-state index contributed by atoms with van der Waals surface area (Å²) in [5.41, 5.74) is 10.5. The lowest BCUT2D eigenvalue weighted by atomic mass is 10.1. The molecule has 7 heterocycles. The normalized spacial score (nSPS) is 39.1. The maximum Gasteiger partial charge on any atom is 0.386 e. The lowest BCUT2D eigenvalue weighted by Crippen LogP contribution is -2.47. The lowest BCUT2D eigenvalue weighted by molar-refractivity contribution is -0.0543. The molecule has 0 aromatic carbocycles. The maximum absolute atomic E-state index is 16.4. The molecule has 7 rings (SSSR count). The molecule has 3 aliphatic heterocycles. The Hall–Kier alpha value is -2.19. The number of anilines is 2. The van der Waals surface area contributed by atoms with Crippen LogP contribution in [0.25, 0.3) is 22.3 Å². The number of aliphatic hydroxyl groups is 1. The standard InChI is InChI=1S/C20H24FN10O9P3S2/c21-12-18(31-5-27-9-15(31)28-19(23)29-16(9)32)39-7-2-37-43(35,45)40-10-6(1-36-42(34,44)20(7,12)33)38-17(11(10)41)30-4-26-8-13(22)24-3-25-14(8)30/h3-7,10-12,17-18,33H,1-2,41H2,(H,34,44)(H,35,45)(H2,22,24,25)(H3,23,28,29,32)/t6-,7-,10-,11?,12+,17-,18-,20?,42?,43?/m1/s1. The van der Waals surface area contributed by atoms with Crippen LogP contribution in [-0.4, -0.2) is 97.7 Å². The topological polar surface area (TPSA) is 263 Å². The molecule has 3 saturated heterocycles. The van der Waals surface area contributed by atoms with E-state index in [1.54, 1.807) is 4.57 Å². The number of alkyl halides is 1. The third-order valence-corrected chi connectivity index (χ3v) is 13.2. The number of halogens is 1. The number of H-pyrrole nitrogens is 1. The molecule has 5 unspecified atom stereocenters. The van der Waals surface area contributed by atoms with E-state index in [9.17, 15) is 19.4 Å². The maximum atomic E-state index is 16.4. The molecule has 45 heavy (non-hydrogen) atoms. The molecule has 3 aliphatic rings. The molecule has 0 radical (unpaired) electrons. The van der Waals surface area contributed by atoms with Crippen LogP contribution in [0, 0.1) is 0 Å². The van der Waals surface area contributed by atoms with Gasteiger partial charge >= 0.3 is 6.80 Å². The number of nitrogens with zero attached hydrogens (tertiary/aromatic N) is 7. The number of thiol groups is 1. The Morgan fingerprint density at radius 3 is 2.58 bits per heavy atom. The monoisotopic (exact) mass is 724 g/mol. The third kappa shape index (κ3) is 4.94. The highest BCUT2D eigenvalue weighted by Gasteiger charge is 2.66. The van der Waals surface area contributed by atoms with E-state index in [1.165, 1.54) is 12.7 Å². The zero-order valence-corrected chi connectivity index (χ0v) is 27.1. The number of fused-ring (bicyclic) bond motifs is 4. The van der Waals surface area contributed by atoms with Crippen LogP contribution in [0.5, 0.6) is 0 Å². The number of aromatic nitrogens is 8. The van der Waals surface area contributed by atoms with Crippen molar-refractivity contribution in [2.75, 3.05) is 24.7 Å². The molecule has 3 fully saturated rings. The number of aromatic amines is 1. The van der Waals surface area contributed by atoms with Gasteiger partial charge in [-0.1, -0.05) is 12.2 Å². The second-order valence-corrected chi connectivity index (χ2v) is 17.5. The van der Waals surface area contributed by atoms with Gasteiger partial charge in [0.1, 0.15) is 36.4 Å². The summed E-state index contributed by atoms with van der Waals surface area (Å²) in [5.74, 6) is -0.156. The van der Waals surface area contributed by atoms with E-state index in [0.717, 1.165) is 10.9 Å². The average Bonchev–Trinajstić information content (AvgIpc) is 3.72. The Balaban J connectivity index is 1.23. The highest BCUT2D eigenvalue weighted by atomic mass is 32.7. The molecule has 0 spiro atoms. The van der Waals surface area contributed by atoms with Crippen molar-refractivity contribution in [3.05, 3.63) is 29.3 Å². The van der Waals surface area contributed by atoms with Crippen LogP contribution in [-0.2, 0) is 39.4 Å². The van der Waals surface area contributed by atoms with Gasteiger partial charge in [-0.2, -0.15) is 4.98 Å². The van der Waals surface area contributed by atoms with Gasteiger partial charge in [0.05, 0.1) is 25.9 Å². The second-order valence-electron chi connectivity index (χ2n) is 10.4. The van der Waals surface area contributed by atoms with Crippen LogP contribution in [0.1, 0.15) is 12.5 Å². The predicted molar refractivity (Wildman–Crippen MR) is 163 cm³/mol. The molecular weight excluding hydrogens is 700 g/mol. The summed E-state index contributed by atoms with van der Waals surface area (Å²) < 4.78 is 61.3. The number of hydrogen-bond donors (Lipinski definition) is 6. The SMILES string of the molecule is Nc1nc2c(ncn2[C@@H]2O[C@@H]3COP(=O)(S)O[C@H]4C(P)[C@H](n5cnc6c(N)ncnc65)O[C@@H]4COP(O)(=S)C3(O)[C@H]2F)c(=O)[nH]1. The van der Waals surface area contributed by atoms with Gasteiger partial charge in [-0.25, -0.2) is 28.9 Å². The number of nitrogen functional groups attached to an aromatic ring is 2. The number of nitrogens with two attached hydrogens (primary N) is 2. The first-order chi connectivity index (χ1) is 21.2. The minimum Gasteiger partial charge on any atom is -0.382 e. The summed E-state index contributed by atoms with van der Waals surface area (Å²) in [6.45, 7) is -10.3. The number of nitrogens with one attached hydrogen (secondary N) is 1. The molecule has 4 aromatic rings. The number of rotatable bonds is 2. The summed E-state index contributed by atoms with van der Waals surface area (Å²) in [5, 5.41) is 8.85. The molecule has 0 amide bonds. The summed E-state index contributed by atoms with van der Waals surface area (Å²) in [7, 11) is 2.52. The van der Waals surface area contributed by atoms with Crippen molar-refractivity contribution < 1.29 is 42.0 Å². The average molecular weight is 725 g/mol. The van der Waals surface area contributed by atoms with Gasteiger partial charge in [-0.15, -0.1) is 9.24 Å². The van der Waals surface area contributed by atoms with E-state index in [0.29, 0.717) is 11.2 Å². The summed E-state index contributed by atoms with van der Waals surface area (Å²) in [6.07, 6.45) is -5.38. The Labute approximate surface area is 263 Å². The van der Waals surface area contributed by atoms with E-state index in [2.05, 4.69) is 51.4 Å². The van der Waals surface area contributed by atoms with Gasteiger partial charge in [0.25, 0.3) is 5.56 Å². The van der Waals surface area contributed by atoms with Crippen LogP contribution >= 0.6 is 34.8 Å². The molecule has 19 nitrogen and oxygen atoms in total. The number of ether oxygens (including phenoxy) is 2. The zero-order chi connectivity index (χ0) is 32.1. The Morgan fingerprint density at radius 1 is 1.11 bits per heavy atom. The fraction of sp³-hybridized carbons (Fsp3) is 0.500. The minimum absolute atomic E-state index is 0.136. The summed E-state index contributed by atoms with van der Waals surface area (Å²) in [6, 6.07) is 0. The van der Waals surface area contributed by atoms with Crippen molar-refractivity contribution in [3.63, 3.8) is 0 Å². The third-order valence-electron chi connectivity index (χ3n) is 7.72. The zero-order valence-electron chi connectivity index (χ0n) is 22.4. The first kappa shape index (κ1) is 31.4. The van der Waals surface area contributed by atoms with Crippen LogP contribution in [0.3, 0.4) is 0 Å². The van der Waals surface area contributed by atoms with Crippen molar-refractivity contribution in [2.24, 2.45) is 0 Å². The Bertz CT molecular complexity index is 1980. The van der Waals surface area contributed by atoms with Gasteiger partial charge in [-0.05, 0) is 11.8 Å². The van der Waals surface area contributed by atoms with Gasteiger partial charge in [0, 0.05) is 5.66 Å². The molecule has 4 aromatic heterocycles. The summed E-state index contributed by atoms with van der Waals surface area (Å²) in [4.78, 5) is 46.3. The molecule has 11 atom stereocenters. The first-order valence-corrected chi connectivity index (χ1v) is 19.0. The van der Waals surface area contributed by atoms with Crippen molar-refractivity contribution in [1.29, 1.82) is 0 Å². The van der Waals surface area contributed by atoms with E-state index in [-0.39, 0.29) is 22.9 Å². The molecule has 0 bridgehead atoms. The second kappa shape index (κ2) is 10.9. The van der Waals surface area contributed by atoms with Gasteiger partial charge < -0.3 is 35.5 Å². The molecule has 0 aliphatic carbocycles. The van der Waals surface area contributed by atoms with E-state index in [4.69, 9.17) is 46.3 Å². The summed E-state index contributed by atoms with van der Waals surface area (Å²) >= 11 is 9.43. The molecule has 7 N–H and O–H groups in total. The lowest BCUT2D eigenvalue weighted by Gasteiger charge is -2.36. The molecule has 25 heteroatoms. The van der Waals surface area contributed by atoms with Crippen molar-refractivity contribution in [2.45, 2.75) is 47.9 Å². The van der Waals surface area contributed by atoms with Crippen LogP contribution < -0.4 is 17.0 Å². The molecular formula is C20H24FN10O9P3S2. The van der Waals surface area contributed by atoms with Crippen LogP contribution in [0.2, 0.25) is 0 Å². The number of hydrogen-bond acceptors (Lipinski definition) is 16. The van der Waals surface area contributed by atoms with Crippen molar-refractivity contribution in [1.82, 2.24) is 39.0 Å². The van der Waals surface area contributed by atoms with E-state index < -0.39 is 80.0 Å². The number of imidazole rings is 2. The van der Waals surface area contributed by atoms with E-state index >= 15 is 4.39 Å². The molecule has 242 valence electrons. The fourth-order valence-electron chi connectivity index (χ4n) is 5.52. The molecule has 0 saturated carbocycles. The highest BCUT2D eigenvalue weighted by molar-refractivity contribution is 8.44. The first-order valence-electron chi connectivity index (χ1n) is 12.9. The Kier molecular flexibility index (Phi) is 7.63. The van der Waals surface area contributed by atoms with Crippen molar-refractivity contribution >= 4 is 80.7 Å². The highest BCUT2D eigenvalue weighted by Crippen LogP contribution is 2.66.